The highest BCUT2D eigenvalue weighted by atomic mass is 16.2. The largest absolute Gasteiger partial charge is 0.275 e. The molecule has 4 atom stereocenters. The van der Waals surface area contributed by atoms with E-state index in [1.165, 1.54) is 30.2 Å². The van der Waals surface area contributed by atoms with E-state index in [4.69, 9.17) is 0 Å². The Morgan fingerprint density at radius 2 is 2.00 bits per heavy atom. The number of hydrogen-bond donors (Lipinski definition) is 0. The summed E-state index contributed by atoms with van der Waals surface area (Å²) in [4.78, 5) is 24.9. The van der Waals surface area contributed by atoms with Gasteiger partial charge in [-0.1, -0.05) is 6.92 Å². The molecule has 3 aliphatic rings. The molecule has 2 aliphatic carbocycles. The molecule has 17 heavy (non-hydrogen) atoms. The number of carbonyl (C=O) groups excluding carboxylic acids is 2. The smallest absolute Gasteiger partial charge is 0.256 e. The lowest BCUT2D eigenvalue weighted by Gasteiger charge is -2.28. The molecule has 0 aromatic rings. The van der Waals surface area contributed by atoms with Crippen molar-refractivity contribution in [3.8, 4) is 0 Å². The van der Waals surface area contributed by atoms with Crippen molar-refractivity contribution in [1.82, 2.24) is 4.90 Å². The van der Waals surface area contributed by atoms with Crippen LogP contribution in [-0.4, -0.2) is 23.3 Å². The average Bonchev–Trinajstić information content (AvgIpc) is 2.88. The lowest BCUT2D eigenvalue weighted by Crippen LogP contribution is -2.37. The molecule has 1 aliphatic heterocycles. The molecule has 0 aromatic heterocycles. The van der Waals surface area contributed by atoms with Crippen molar-refractivity contribution in [3.63, 3.8) is 0 Å². The third-order valence-corrected chi connectivity index (χ3v) is 4.96. The van der Waals surface area contributed by atoms with Crippen molar-refractivity contribution in [3.05, 3.63) is 11.6 Å². The van der Waals surface area contributed by atoms with Crippen LogP contribution in [0.2, 0.25) is 0 Å². The number of rotatable bonds is 2. The molecule has 3 rings (SSSR count). The van der Waals surface area contributed by atoms with Gasteiger partial charge in [-0.3, -0.25) is 14.5 Å². The van der Waals surface area contributed by atoms with E-state index >= 15 is 0 Å². The molecule has 4 unspecified atom stereocenters. The number of amides is 2. The van der Waals surface area contributed by atoms with E-state index < -0.39 is 0 Å². The van der Waals surface area contributed by atoms with Crippen molar-refractivity contribution in [2.75, 3.05) is 6.54 Å². The van der Waals surface area contributed by atoms with E-state index in [-0.39, 0.29) is 11.8 Å². The standard InChI is InChI=1S/C14H19NO2/c1-8-3-11-5-10(8)6-12(11)7-15-13(16)4-9(2)14(15)17/h4,8,10-12H,3,5-7H2,1-2H3. The van der Waals surface area contributed by atoms with Crippen molar-refractivity contribution < 1.29 is 9.59 Å². The summed E-state index contributed by atoms with van der Waals surface area (Å²) in [6.07, 6.45) is 5.28. The zero-order valence-corrected chi connectivity index (χ0v) is 10.5. The van der Waals surface area contributed by atoms with Gasteiger partial charge in [0.1, 0.15) is 0 Å². The van der Waals surface area contributed by atoms with Gasteiger partial charge in [0.25, 0.3) is 11.8 Å². The lowest BCUT2D eigenvalue weighted by molar-refractivity contribution is -0.138. The lowest BCUT2D eigenvalue weighted by atomic mass is 9.83. The van der Waals surface area contributed by atoms with Gasteiger partial charge in [-0.05, 0) is 49.9 Å². The fourth-order valence-electron chi connectivity index (χ4n) is 3.95. The number of nitrogens with zero attached hydrogens (tertiary/aromatic N) is 1. The third-order valence-electron chi connectivity index (χ3n) is 4.96. The van der Waals surface area contributed by atoms with E-state index in [2.05, 4.69) is 6.92 Å². The molecule has 0 N–H and O–H groups in total. The van der Waals surface area contributed by atoms with Crippen LogP contribution in [-0.2, 0) is 9.59 Å². The molecule has 2 bridgehead atoms. The van der Waals surface area contributed by atoms with Gasteiger partial charge in [-0.2, -0.15) is 0 Å². The normalized spacial score (nSPS) is 40.4. The van der Waals surface area contributed by atoms with Crippen LogP contribution in [0.25, 0.3) is 0 Å². The molecule has 0 saturated heterocycles. The van der Waals surface area contributed by atoms with Crippen LogP contribution in [0.15, 0.2) is 11.6 Å². The van der Waals surface area contributed by atoms with Crippen molar-refractivity contribution in [1.29, 1.82) is 0 Å². The number of hydrogen-bond acceptors (Lipinski definition) is 2. The molecule has 2 saturated carbocycles. The molecule has 3 heteroatoms. The van der Waals surface area contributed by atoms with Crippen LogP contribution in [0.3, 0.4) is 0 Å². The quantitative estimate of drug-likeness (QED) is 0.684. The van der Waals surface area contributed by atoms with Gasteiger partial charge in [-0.15, -0.1) is 0 Å². The van der Waals surface area contributed by atoms with Gasteiger partial charge < -0.3 is 0 Å². The van der Waals surface area contributed by atoms with E-state index in [0.717, 1.165) is 17.8 Å². The Morgan fingerprint density at radius 3 is 2.47 bits per heavy atom. The molecule has 1 heterocycles. The average molecular weight is 233 g/mol. The second-order valence-corrected chi connectivity index (χ2v) is 6.05. The van der Waals surface area contributed by atoms with Crippen LogP contribution in [0.4, 0.5) is 0 Å². The number of carbonyl (C=O) groups is 2. The second kappa shape index (κ2) is 3.69. The maximum absolute atomic E-state index is 11.8. The predicted molar refractivity (Wildman–Crippen MR) is 64.0 cm³/mol. The summed E-state index contributed by atoms with van der Waals surface area (Å²) < 4.78 is 0. The summed E-state index contributed by atoms with van der Waals surface area (Å²) in [5.41, 5.74) is 0.589. The maximum Gasteiger partial charge on any atom is 0.256 e. The van der Waals surface area contributed by atoms with Crippen molar-refractivity contribution in [2.24, 2.45) is 23.7 Å². The van der Waals surface area contributed by atoms with Crippen LogP contribution >= 0.6 is 0 Å². The second-order valence-electron chi connectivity index (χ2n) is 6.05. The predicted octanol–water partition coefficient (Wildman–Crippen LogP) is 1.98. The molecule has 92 valence electrons. The Hall–Kier alpha value is -1.12. The Bertz CT molecular complexity index is 410. The first-order valence-corrected chi connectivity index (χ1v) is 6.60. The van der Waals surface area contributed by atoms with Crippen LogP contribution in [0.1, 0.15) is 33.1 Å². The summed E-state index contributed by atoms with van der Waals surface area (Å²) in [7, 11) is 0. The first-order chi connectivity index (χ1) is 8.06. The minimum absolute atomic E-state index is 0.0779. The molecular formula is C14H19NO2. The summed E-state index contributed by atoms with van der Waals surface area (Å²) in [6, 6.07) is 0. The highest BCUT2D eigenvalue weighted by Gasteiger charge is 2.45. The monoisotopic (exact) mass is 233 g/mol. The Balaban J connectivity index is 1.67. The third kappa shape index (κ3) is 1.63. The molecular weight excluding hydrogens is 214 g/mol. The van der Waals surface area contributed by atoms with Crippen LogP contribution < -0.4 is 0 Å². The molecule has 3 nitrogen and oxygen atoms in total. The highest BCUT2D eigenvalue weighted by molar-refractivity contribution is 6.15. The van der Waals surface area contributed by atoms with Crippen LogP contribution in [0, 0.1) is 23.7 Å². The summed E-state index contributed by atoms with van der Waals surface area (Å²) in [5.74, 6) is 2.81. The Kier molecular flexibility index (Phi) is 2.39. The Labute approximate surface area is 102 Å². The van der Waals surface area contributed by atoms with Gasteiger partial charge in [0, 0.05) is 18.2 Å². The van der Waals surface area contributed by atoms with Gasteiger partial charge in [0.15, 0.2) is 0 Å². The van der Waals surface area contributed by atoms with E-state index in [1.807, 2.05) is 0 Å². The SMILES string of the molecule is CC1=CC(=O)N(CC2CC3CC2CC3C)C1=O. The number of fused-ring (bicyclic) bond motifs is 2. The molecule has 2 fully saturated rings. The number of imide groups is 1. The minimum Gasteiger partial charge on any atom is -0.275 e. The topological polar surface area (TPSA) is 37.4 Å². The van der Waals surface area contributed by atoms with E-state index in [1.54, 1.807) is 6.92 Å². The van der Waals surface area contributed by atoms with Gasteiger partial charge in [0.2, 0.25) is 0 Å². The van der Waals surface area contributed by atoms with Gasteiger partial charge in [0.05, 0.1) is 0 Å². The van der Waals surface area contributed by atoms with Crippen molar-refractivity contribution in [2.45, 2.75) is 33.1 Å². The maximum atomic E-state index is 11.8. The molecule has 0 radical (unpaired) electrons. The summed E-state index contributed by atoms with van der Waals surface area (Å²) >= 11 is 0. The molecule has 2 amide bonds. The van der Waals surface area contributed by atoms with Crippen molar-refractivity contribution >= 4 is 11.8 Å². The Morgan fingerprint density at radius 1 is 1.24 bits per heavy atom. The van der Waals surface area contributed by atoms with Crippen LogP contribution in [0.5, 0.6) is 0 Å². The summed E-state index contributed by atoms with van der Waals surface area (Å²) in [5, 5.41) is 0. The highest BCUT2D eigenvalue weighted by Crippen LogP contribution is 2.51. The summed E-state index contributed by atoms with van der Waals surface area (Å²) in [6.45, 7) is 4.71. The first kappa shape index (κ1) is 11.0. The van der Waals surface area contributed by atoms with E-state index in [0.29, 0.717) is 18.0 Å². The zero-order chi connectivity index (χ0) is 12.2. The molecule has 0 spiro atoms. The fraction of sp³-hybridized carbons (Fsp3) is 0.714. The van der Waals surface area contributed by atoms with Gasteiger partial charge in [-0.25, -0.2) is 0 Å². The zero-order valence-electron chi connectivity index (χ0n) is 10.5. The fourth-order valence-corrected chi connectivity index (χ4v) is 3.95. The van der Waals surface area contributed by atoms with Gasteiger partial charge >= 0.3 is 0 Å². The first-order valence-electron chi connectivity index (χ1n) is 6.60. The van der Waals surface area contributed by atoms with E-state index in [9.17, 15) is 9.59 Å². The molecule has 0 aromatic carbocycles. The minimum atomic E-state index is -0.108.